The molecule has 0 aliphatic heterocycles. The van der Waals surface area contributed by atoms with Gasteiger partial charge in [-0.2, -0.15) is 9.78 Å². The highest BCUT2D eigenvalue weighted by Gasteiger charge is 2.23. The molecule has 0 bridgehead atoms. The molecule has 0 aliphatic rings. The van der Waals surface area contributed by atoms with E-state index in [0.29, 0.717) is 29.1 Å². The van der Waals surface area contributed by atoms with E-state index in [9.17, 15) is 14.7 Å². The summed E-state index contributed by atoms with van der Waals surface area (Å²) >= 11 is 0. The van der Waals surface area contributed by atoms with Gasteiger partial charge in [-0.15, -0.1) is 0 Å². The minimum absolute atomic E-state index is 0.0369. The van der Waals surface area contributed by atoms with Crippen LogP contribution in [0.4, 0.5) is 4.79 Å². The van der Waals surface area contributed by atoms with Gasteiger partial charge in [0.15, 0.2) is 0 Å². The Bertz CT molecular complexity index is 1420. The van der Waals surface area contributed by atoms with Crippen LogP contribution >= 0.6 is 0 Å². The van der Waals surface area contributed by atoms with Crippen LogP contribution < -0.4 is 10.5 Å². The van der Waals surface area contributed by atoms with E-state index in [-0.39, 0.29) is 13.0 Å². The van der Waals surface area contributed by atoms with E-state index in [1.54, 1.807) is 45.0 Å². The van der Waals surface area contributed by atoms with Gasteiger partial charge in [-0.3, -0.25) is 4.79 Å². The topological polar surface area (TPSA) is 117 Å². The Hall–Kier alpha value is -4.17. The molecule has 1 heterocycles. The second-order valence-corrected chi connectivity index (χ2v) is 9.44. The van der Waals surface area contributed by atoms with E-state index in [1.807, 2.05) is 42.5 Å². The van der Waals surface area contributed by atoms with Crippen molar-refractivity contribution in [2.75, 3.05) is 0 Å². The van der Waals surface area contributed by atoms with Crippen molar-refractivity contribution in [1.82, 2.24) is 9.78 Å². The van der Waals surface area contributed by atoms with Gasteiger partial charge in [0.2, 0.25) is 0 Å². The maximum absolute atomic E-state index is 12.9. The summed E-state index contributed by atoms with van der Waals surface area (Å²) < 4.78 is 12.8. The van der Waals surface area contributed by atoms with Gasteiger partial charge in [-0.1, -0.05) is 42.5 Å². The molecule has 0 unspecified atom stereocenters. The highest BCUT2D eigenvalue weighted by atomic mass is 16.6. The molecule has 4 rings (SSSR count). The second kappa shape index (κ2) is 10.2. The number of para-hydroxylation sites is 1. The lowest BCUT2D eigenvalue weighted by Gasteiger charge is -2.19. The molecule has 0 saturated carbocycles. The van der Waals surface area contributed by atoms with Crippen molar-refractivity contribution >= 4 is 23.0 Å². The summed E-state index contributed by atoms with van der Waals surface area (Å²) in [5.74, 6) is -0.498. The van der Waals surface area contributed by atoms with Crippen LogP contribution in [0.3, 0.4) is 0 Å². The van der Waals surface area contributed by atoms with Gasteiger partial charge in [-0.05, 0) is 61.7 Å². The third kappa shape index (κ3) is 5.72. The van der Waals surface area contributed by atoms with Gasteiger partial charge in [0.1, 0.15) is 23.7 Å². The molecule has 0 fully saturated rings. The standard InChI is InChI=1S/C28H29N3O5/c1-28(2,3)36-27(34)31-24-12-11-20(19-9-6-7-18(13-19)16-29)14-22(24)23(30-31)17-35-25-10-5-4-8-21(25)15-26(32)33/h4-14H,15-17,29H2,1-3H3,(H,32,33). The van der Waals surface area contributed by atoms with Crippen LogP contribution in [0, 0.1) is 0 Å². The number of hydrogen-bond donors (Lipinski definition) is 2. The summed E-state index contributed by atoms with van der Waals surface area (Å²) in [6, 6.07) is 20.6. The Balaban J connectivity index is 1.75. The summed E-state index contributed by atoms with van der Waals surface area (Å²) in [7, 11) is 0. The minimum Gasteiger partial charge on any atom is -0.487 e. The molecule has 0 radical (unpaired) electrons. The summed E-state index contributed by atoms with van der Waals surface area (Å²) in [5.41, 5.74) is 9.73. The molecular weight excluding hydrogens is 458 g/mol. The lowest BCUT2D eigenvalue weighted by molar-refractivity contribution is -0.136. The Morgan fingerprint density at radius 1 is 1.00 bits per heavy atom. The van der Waals surface area contributed by atoms with Crippen molar-refractivity contribution in [1.29, 1.82) is 0 Å². The Labute approximate surface area is 209 Å². The number of carbonyl (C=O) groups excluding carboxylic acids is 1. The molecule has 0 spiro atoms. The molecule has 0 saturated heterocycles. The van der Waals surface area contributed by atoms with Gasteiger partial charge >= 0.3 is 12.1 Å². The molecule has 1 aromatic heterocycles. The highest BCUT2D eigenvalue weighted by molar-refractivity contribution is 5.92. The fraction of sp³-hybridized carbons (Fsp3) is 0.250. The molecule has 36 heavy (non-hydrogen) atoms. The van der Waals surface area contributed by atoms with Crippen LogP contribution in [0.15, 0.2) is 66.7 Å². The maximum Gasteiger partial charge on any atom is 0.435 e. The largest absolute Gasteiger partial charge is 0.487 e. The molecule has 3 aromatic carbocycles. The lowest BCUT2D eigenvalue weighted by Crippen LogP contribution is -2.27. The number of rotatable bonds is 7. The molecule has 186 valence electrons. The average molecular weight is 488 g/mol. The fourth-order valence-corrected chi connectivity index (χ4v) is 3.89. The third-order valence-corrected chi connectivity index (χ3v) is 5.50. The Kier molecular flexibility index (Phi) is 7.07. The smallest absolute Gasteiger partial charge is 0.435 e. The van der Waals surface area contributed by atoms with E-state index in [2.05, 4.69) is 5.10 Å². The Morgan fingerprint density at radius 3 is 2.47 bits per heavy atom. The van der Waals surface area contributed by atoms with Crippen LogP contribution in [0.5, 0.6) is 5.75 Å². The van der Waals surface area contributed by atoms with Crippen molar-refractivity contribution in [2.45, 2.75) is 45.9 Å². The quantitative estimate of drug-likeness (QED) is 0.370. The fourth-order valence-electron chi connectivity index (χ4n) is 3.89. The van der Waals surface area contributed by atoms with Crippen LogP contribution in [-0.2, 0) is 29.1 Å². The predicted octanol–water partition coefficient (Wildman–Crippen LogP) is 5.15. The second-order valence-electron chi connectivity index (χ2n) is 9.44. The molecule has 8 nitrogen and oxygen atoms in total. The first-order valence-corrected chi connectivity index (χ1v) is 11.6. The van der Waals surface area contributed by atoms with E-state index in [4.69, 9.17) is 15.2 Å². The Morgan fingerprint density at radius 2 is 1.75 bits per heavy atom. The molecule has 8 heteroatoms. The van der Waals surface area contributed by atoms with Crippen molar-refractivity contribution in [3.8, 4) is 16.9 Å². The first-order valence-electron chi connectivity index (χ1n) is 11.6. The average Bonchev–Trinajstić information content (AvgIpc) is 3.20. The molecule has 0 aliphatic carbocycles. The number of carboxylic acid groups (broad SMARTS) is 1. The van der Waals surface area contributed by atoms with Gasteiger partial charge in [-0.25, -0.2) is 4.79 Å². The van der Waals surface area contributed by atoms with E-state index in [1.165, 1.54) is 4.68 Å². The summed E-state index contributed by atoms with van der Waals surface area (Å²) in [5, 5.41) is 14.5. The summed E-state index contributed by atoms with van der Waals surface area (Å²) in [4.78, 5) is 24.2. The van der Waals surface area contributed by atoms with Crippen LogP contribution in [0.2, 0.25) is 0 Å². The van der Waals surface area contributed by atoms with Gasteiger partial charge < -0.3 is 20.3 Å². The van der Waals surface area contributed by atoms with Gasteiger partial charge in [0, 0.05) is 17.5 Å². The zero-order chi connectivity index (χ0) is 25.9. The summed E-state index contributed by atoms with van der Waals surface area (Å²) in [6.45, 7) is 5.85. The molecule has 0 atom stereocenters. The number of carbonyl (C=O) groups is 2. The van der Waals surface area contributed by atoms with E-state index in [0.717, 1.165) is 22.1 Å². The number of aliphatic carboxylic acids is 1. The highest BCUT2D eigenvalue weighted by Crippen LogP contribution is 2.29. The first-order chi connectivity index (χ1) is 17.1. The zero-order valence-corrected chi connectivity index (χ0v) is 20.5. The number of fused-ring (bicyclic) bond motifs is 1. The maximum atomic E-state index is 12.9. The van der Waals surface area contributed by atoms with Crippen molar-refractivity contribution < 1.29 is 24.2 Å². The number of carboxylic acids is 1. The molecule has 0 amide bonds. The molecule has 3 N–H and O–H groups in total. The van der Waals surface area contributed by atoms with Crippen LogP contribution in [-0.4, -0.2) is 32.6 Å². The number of nitrogens with two attached hydrogens (primary N) is 1. The zero-order valence-electron chi connectivity index (χ0n) is 20.5. The van der Waals surface area contributed by atoms with E-state index < -0.39 is 17.7 Å². The number of aromatic nitrogens is 2. The monoisotopic (exact) mass is 487 g/mol. The van der Waals surface area contributed by atoms with Crippen LogP contribution in [0.25, 0.3) is 22.0 Å². The summed E-state index contributed by atoms with van der Waals surface area (Å²) in [6.07, 6.45) is -0.756. The number of ether oxygens (including phenoxy) is 2. The van der Waals surface area contributed by atoms with Crippen LogP contribution in [0.1, 0.15) is 37.6 Å². The SMILES string of the molecule is CC(C)(C)OC(=O)n1nc(COc2ccccc2CC(=O)O)c2cc(-c3cccc(CN)c3)ccc21. The third-order valence-electron chi connectivity index (χ3n) is 5.50. The first kappa shape index (κ1) is 24.9. The number of hydrogen-bond acceptors (Lipinski definition) is 6. The number of benzene rings is 3. The molecule has 4 aromatic rings. The lowest BCUT2D eigenvalue weighted by atomic mass is 10.0. The minimum atomic E-state index is -0.949. The van der Waals surface area contributed by atoms with Gasteiger partial charge in [0.05, 0.1) is 11.9 Å². The van der Waals surface area contributed by atoms with Gasteiger partial charge in [0.25, 0.3) is 0 Å². The van der Waals surface area contributed by atoms with E-state index >= 15 is 0 Å². The van der Waals surface area contributed by atoms with Crippen molar-refractivity contribution in [3.63, 3.8) is 0 Å². The van der Waals surface area contributed by atoms with Crippen molar-refractivity contribution in [2.24, 2.45) is 5.73 Å². The normalized spacial score (nSPS) is 11.4. The number of nitrogens with zero attached hydrogens (tertiary/aromatic N) is 2. The predicted molar refractivity (Wildman–Crippen MR) is 137 cm³/mol. The van der Waals surface area contributed by atoms with Crippen molar-refractivity contribution in [3.05, 3.63) is 83.6 Å². The molecular formula is C28H29N3O5.